The molecule has 7 heteroatoms. The Bertz CT molecular complexity index is 571. The van der Waals surface area contributed by atoms with Gasteiger partial charge in [0.2, 0.25) is 0 Å². The zero-order valence-electron chi connectivity index (χ0n) is 9.03. The number of nitriles is 2. The highest BCUT2D eigenvalue weighted by Gasteiger charge is 2.13. The van der Waals surface area contributed by atoms with Gasteiger partial charge in [-0.15, -0.1) is 0 Å². The third-order valence-electron chi connectivity index (χ3n) is 1.88. The number of halogens is 1. The average Bonchev–Trinajstić information content (AvgIpc) is 2.37. The van der Waals surface area contributed by atoms with Gasteiger partial charge >= 0.3 is 11.8 Å². The number of hydrogen-bond acceptors (Lipinski definition) is 4. The van der Waals surface area contributed by atoms with Crippen molar-refractivity contribution in [1.82, 2.24) is 5.32 Å². The second-order valence-corrected chi connectivity index (χ2v) is 3.10. The summed E-state index contributed by atoms with van der Waals surface area (Å²) >= 11 is 0. The predicted molar refractivity (Wildman–Crippen MR) is 58.4 cm³/mol. The van der Waals surface area contributed by atoms with Crippen LogP contribution in [0.15, 0.2) is 18.2 Å². The number of amides is 2. The molecule has 6 nitrogen and oxygen atoms in total. The van der Waals surface area contributed by atoms with E-state index in [0.29, 0.717) is 0 Å². The smallest absolute Gasteiger partial charge is 0.313 e. The van der Waals surface area contributed by atoms with E-state index in [9.17, 15) is 14.0 Å². The minimum atomic E-state index is -0.999. The topological polar surface area (TPSA) is 106 Å². The molecule has 90 valence electrons. The Kier molecular flexibility index (Phi) is 4.35. The molecule has 0 unspecified atom stereocenters. The van der Waals surface area contributed by atoms with E-state index >= 15 is 0 Å². The van der Waals surface area contributed by atoms with E-state index in [2.05, 4.69) is 5.32 Å². The minimum absolute atomic E-state index is 0.116. The molecule has 1 aromatic carbocycles. The van der Waals surface area contributed by atoms with Crippen LogP contribution in [-0.2, 0) is 9.59 Å². The van der Waals surface area contributed by atoms with E-state index in [0.717, 1.165) is 12.1 Å². The Morgan fingerprint density at radius 3 is 2.61 bits per heavy atom. The van der Waals surface area contributed by atoms with Gasteiger partial charge in [-0.1, -0.05) is 0 Å². The molecule has 0 aliphatic heterocycles. The van der Waals surface area contributed by atoms with Crippen molar-refractivity contribution in [2.24, 2.45) is 0 Å². The number of nitrogens with one attached hydrogen (secondary N) is 2. The van der Waals surface area contributed by atoms with Gasteiger partial charge in [0.05, 0.1) is 11.6 Å². The first-order chi connectivity index (χ1) is 8.58. The maximum absolute atomic E-state index is 13.0. The average molecular weight is 246 g/mol. The van der Waals surface area contributed by atoms with Gasteiger partial charge in [-0.3, -0.25) is 9.59 Å². The molecule has 0 fully saturated rings. The minimum Gasteiger partial charge on any atom is -0.335 e. The Hall–Kier alpha value is -2.93. The zero-order chi connectivity index (χ0) is 13.5. The number of hydrogen-bond donors (Lipinski definition) is 2. The zero-order valence-corrected chi connectivity index (χ0v) is 9.03. The van der Waals surface area contributed by atoms with Crippen molar-refractivity contribution in [2.45, 2.75) is 0 Å². The second-order valence-electron chi connectivity index (χ2n) is 3.10. The molecule has 0 saturated carbocycles. The standard InChI is InChI=1S/C11H7FN4O2/c12-9-2-1-8(5-7(9)6-14)16-11(18)10(17)15-4-3-13/h1-2,5H,4H2,(H,15,17)(H,16,18). The molecule has 2 amide bonds. The Balaban J connectivity index is 2.74. The highest BCUT2D eigenvalue weighted by atomic mass is 19.1. The number of benzene rings is 1. The Labute approximate surface area is 102 Å². The van der Waals surface area contributed by atoms with Gasteiger partial charge in [0.1, 0.15) is 18.4 Å². The molecule has 1 aromatic rings. The molecule has 0 radical (unpaired) electrons. The molecular weight excluding hydrogens is 239 g/mol. The summed E-state index contributed by atoms with van der Waals surface area (Å²) in [6.07, 6.45) is 0. The van der Waals surface area contributed by atoms with E-state index in [1.807, 2.05) is 5.32 Å². The molecule has 0 heterocycles. The van der Waals surface area contributed by atoms with E-state index in [1.165, 1.54) is 6.07 Å². The molecule has 1 rings (SSSR count). The third-order valence-corrected chi connectivity index (χ3v) is 1.88. The van der Waals surface area contributed by atoms with Crippen LogP contribution in [0.5, 0.6) is 0 Å². The normalized spacial score (nSPS) is 8.83. The van der Waals surface area contributed by atoms with Crippen molar-refractivity contribution in [3.8, 4) is 12.1 Å². The Morgan fingerprint density at radius 2 is 2.00 bits per heavy atom. The number of nitrogens with zero attached hydrogens (tertiary/aromatic N) is 2. The van der Waals surface area contributed by atoms with Crippen molar-refractivity contribution >= 4 is 17.5 Å². The molecular formula is C11H7FN4O2. The first-order valence-corrected chi connectivity index (χ1v) is 4.74. The molecule has 0 atom stereocenters. The van der Waals surface area contributed by atoms with Gasteiger partial charge in [-0.25, -0.2) is 4.39 Å². The van der Waals surface area contributed by atoms with Gasteiger partial charge in [0.25, 0.3) is 0 Å². The summed E-state index contributed by atoms with van der Waals surface area (Å²) < 4.78 is 13.0. The maximum atomic E-state index is 13.0. The van der Waals surface area contributed by atoms with Crippen LogP contribution in [0.25, 0.3) is 0 Å². The molecule has 0 bridgehead atoms. The summed E-state index contributed by atoms with van der Waals surface area (Å²) in [5.41, 5.74) is -0.129. The maximum Gasteiger partial charge on any atom is 0.313 e. The Morgan fingerprint density at radius 1 is 1.28 bits per heavy atom. The lowest BCUT2D eigenvalue weighted by molar-refractivity contribution is -0.136. The molecule has 0 aliphatic carbocycles. The lowest BCUT2D eigenvalue weighted by Gasteiger charge is -2.04. The number of carbonyl (C=O) groups excluding carboxylic acids is 2. The number of anilines is 1. The van der Waals surface area contributed by atoms with Gasteiger partial charge in [0, 0.05) is 5.69 Å². The fourth-order valence-corrected chi connectivity index (χ4v) is 1.08. The van der Waals surface area contributed by atoms with Crippen molar-refractivity contribution in [2.75, 3.05) is 11.9 Å². The first kappa shape index (κ1) is 13.1. The summed E-state index contributed by atoms with van der Waals surface area (Å²) in [6, 6.07) is 6.56. The predicted octanol–water partition coefficient (Wildman–Crippen LogP) is 0.276. The SMILES string of the molecule is N#CCNC(=O)C(=O)Nc1ccc(F)c(C#N)c1. The van der Waals surface area contributed by atoms with Crippen LogP contribution in [0, 0.1) is 28.5 Å². The van der Waals surface area contributed by atoms with Crippen molar-refractivity contribution < 1.29 is 14.0 Å². The van der Waals surface area contributed by atoms with Crippen LogP contribution >= 0.6 is 0 Å². The summed E-state index contributed by atoms with van der Waals surface area (Å²) in [5.74, 6) is -2.70. The molecule has 2 N–H and O–H groups in total. The van der Waals surface area contributed by atoms with E-state index in [4.69, 9.17) is 10.5 Å². The quantitative estimate of drug-likeness (QED) is 0.577. The second kappa shape index (κ2) is 5.97. The van der Waals surface area contributed by atoms with Crippen LogP contribution in [-0.4, -0.2) is 18.4 Å². The number of carbonyl (C=O) groups is 2. The first-order valence-electron chi connectivity index (χ1n) is 4.74. The van der Waals surface area contributed by atoms with Gasteiger partial charge in [-0.2, -0.15) is 10.5 Å². The highest BCUT2D eigenvalue weighted by molar-refractivity contribution is 6.39. The summed E-state index contributed by atoms with van der Waals surface area (Å²) in [4.78, 5) is 22.4. The van der Waals surface area contributed by atoms with Crippen LogP contribution in [0.4, 0.5) is 10.1 Å². The van der Waals surface area contributed by atoms with Crippen LogP contribution < -0.4 is 10.6 Å². The molecule has 0 spiro atoms. The summed E-state index contributed by atoms with van der Waals surface area (Å²) in [5, 5.41) is 21.0. The van der Waals surface area contributed by atoms with Gasteiger partial charge in [0.15, 0.2) is 0 Å². The van der Waals surface area contributed by atoms with Crippen LogP contribution in [0.2, 0.25) is 0 Å². The lowest BCUT2D eigenvalue weighted by Crippen LogP contribution is -2.35. The molecule has 0 saturated heterocycles. The molecule has 0 aromatic heterocycles. The van der Waals surface area contributed by atoms with Gasteiger partial charge in [-0.05, 0) is 18.2 Å². The third kappa shape index (κ3) is 3.29. The lowest BCUT2D eigenvalue weighted by atomic mass is 10.2. The fourth-order valence-electron chi connectivity index (χ4n) is 1.08. The molecule has 0 aliphatic rings. The largest absolute Gasteiger partial charge is 0.335 e. The van der Waals surface area contributed by atoms with Crippen LogP contribution in [0.1, 0.15) is 5.56 Å². The fraction of sp³-hybridized carbons (Fsp3) is 0.0909. The molecule has 18 heavy (non-hydrogen) atoms. The summed E-state index contributed by atoms with van der Waals surface area (Å²) in [7, 11) is 0. The van der Waals surface area contributed by atoms with Crippen molar-refractivity contribution in [1.29, 1.82) is 10.5 Å². The van der Waals surface area contributed by atoms with Crippen LogP contribution in [0.3, 0.4) is 0 Å². The van der Waals surface area contributed by atoms with Crippen molar-refractivity contribution in [3.05, 3.63) is 29.6 Å². The van der Waals surface area contributed by atoms with E-state index in [-0.39, 0.29) is 17.8 Å². The monoisotopic (exact) mass is 246 g/mol. The number of rotatable bonds is 2. The van der Waals surface area contributed by atoms with E-state index < -0.39 is 17.6 Å². The highest BCUT2D eigenvalue weighted by Crippen LogP contribution is 2.13. The van der Waals surface area contributed by atoms with E-state index in [1.54, 1.807) is 12.1 Å². The van der Waals surface area contributed by atoms with Gasteiger partial charge < -0.3 is 10.6 Å². The summed E-state index contributed by atoms with van der Waals surface area (Å²) in [6.45, 7) is -0.293. The van der Waals surface area contributed by atoms with Crippen molar-refractivity contribution in [3.63, 3.8) is 0 Å².